The highest BCUT2D eigenvalue weighted by Crippen LogP contribution is 2.20. The molecule has 0 spiro atoms. The maximum atomic E-state index is 12.5. The summed E-state index contributed by atoms with van der Waals surface area (Å²) in [6, 6.07) is 17.7. The lowest BCUT2D eigenvalue weighted by atomic mass is 9.99. The van der Waals surface area contributed by atoms with Gasteiger partial charge >= 0.3 is 0 Å². The van der Waals surface area contributed by atoms with Crippen molar-refractivity contribution >= 4 is 16.7 Å². The number of fused-ring (bicyclic) bond motifs is 2. The molecule has 4 rings (SSSR count). The SMILES string of the molecule is CC(CNC(=O)c1cc2ccccc2c(=O)[nH]1)N1CCc2ccccc2C1. The zero-order valence-electron chi connectivity index (χ0n) is 15.4. The monoisotopic (exact) mass is 361 g/mol. The van der Waals surface area contributed by atoms with Gasteiger partial charge in [0.1, 0.15) is 5.69 Å². The number of aromatic nitrogens is 1. The van der Waals surface area contributed by atoms with Crippen LogP contribution in [0.1, 0.15) is 28.5 Å². The van der Waals surface area contributed by atoms with E-state index in [0.29, 0.717) is 17.6 Å². The van der Waals surface area contributed by atoms with Gasteiger partial charge in [0.05, 0.1) is 0 Å². The van der Waals surface area contributed by atoms with E-state index in [1.807, 2.05) is 18.2 Å². The Morgan fingerprint density at radius 3 is 2.74 bits per heavy atom. The summed E-state index contributed by atoms with van der Waals surface area (Å²) in [6.45, 7) is 4.55. The largest absolute Gasteiger partial charge is 0.349 e. The van der Waals surface area contributed by atoms with E-state index < -0.39 is 0 Å². The molecule has 2 aromatic carbocycles. The van der Waals surface area contributed by atoms with Crippen LogP contribution in [0.4, 0.5) is 0 Å². The van der Waals surface area contributed by atoms with Crippen molar-refractivity contribution in [3.63, 3.8) is 0 Å². The fourth-order valence-corrected chi connectivity index (χ4v) is 3.69. The smallest absolute Gasteiger partial charge is 0.267 e. The van der Waals surface area contributed by atoms with Crippen LogP contribution in [0.5, 0.6) is 0 Å². The van der Waals surface area contributed by atoms with Crippen LogP contribution >= 0.6 is 0 Å². The highest BCUT2D eigenvalue weighted by Gasteiger charge is 2.21. The second-order valence-corrected chi connectivity index (χ2v) is 7.15. The van der Waals surface area contributed by atoms with Gasteiger partial charge in [-0.25, -0.2) is 0 Å². The van der Waals surface area contributed by atoms with Crippen molar-refractivity contribution in [1.29, 1.82) is 0 Å². The van der Waals surface area contributed by atoms with E-state index >= 15 is 0 Å². The Bertz CT molecular complexity index is 1040. The van der Waals surface area contributed by atoms with Crippen LogP contribution in [0.3, 0.4) is 0 Å². The van der Waals surface area contributed by atoms with E-state index in [-0.39, 0.29) is 17.5 Å². The zero-order chi connectivity index (χ0) is 18.8. The molecule has 3 aromatic rings. The van der Waals surface area contributed by atoms with Gasteiger partial charge in [-0.2, -0.15) is 0 Å². The van der Waals surface area contributed by atoms with Crippen molar-refractivity contribution in [2.45, 2.75) is 25.9 Å². The molecular weight excluding hydrogens is 338 g/mol. The summed E-state index contributed by atoms with van der Waals surface area (Å²) in [7, 11) is 0. The van der Waals surface area contributed by atoms with Gasteiger partial charge in [0.25, 0.3) is 11.5 Å². The molecule has 0 saturated carbocycles. The highest BCUT2D eigenvalue weighted by molar-refractivity contribution is 5.96. The van der Waals surface area contributed by atoms with Crippen molar-refractivity contribution in [2.24, 2.45) is 0 Å². The number of nitrogens with zero attached hydrogens (tertiary/aromatic N) is 1. The number of rotatable bonds is 4. The Morgan fingerprint density at radius 1 is 1.15 bits per heavy atom. The number of nitrogens with one attached hydrogen (secondary N) is 2. The molecule has 5 nitrogen and oxygen atoms in total. The number of aromatic amines is 1. The maximum absolute atomic E-state index is 12.5. The maximum Gasteiger partial charge on any atom is 0.267 e. The summed E-state index contributed by atoms with van der Waals surface area (Å²) >= 11 is 0. The first-order valence-corrected chi connectivity index (χ1v) is 9.33. The van der Waals surface area contributed by atoms with Crippen LogP contribution < -0.4 is 10.9 Å². The molecule has 1 amide bonds. The molecule has 2 N–H and O–H groups in total. The van der Waals surface area contributed by atoms with Crippen molar-refractivity contribution in [2.75, 3.05) is 13.1 Å². The molecule has 27 heavy (non-hydrogen) atoms. The molecule has 138 valence electrons. The van der Waals surface area contributed by atoms with E-state index in [1.54, 1.807) is 12.1 Å². The van der Waals surface area contributed by atoms with Gasteiger partial charge in [-0.15, -0.1) is 0 Å². The predicted octanol–water partition coefficient (Wildman–Crippen LogP) is 2.70. The Hall–Kier alpha value is -2.92. The average Bonchev–Trinajstić information content (AvgIpc) is 2.71. The first-order valence-electron chi connectivity index (χ1n) is 9.33. The summed E-state index contributed by atoms with van der Waals surface area (Å²) < 4.78 is 0. The van der Waals surface area contributed by atoms with E-state index in [0.717, 1.165) is 24.9 Å². The van der Waals surface area contributed by atoms with E-state index in [2.05, 4.69) is 46.4 Å². The van der Waals surface area contributed by atoms with E-state index in [9.17, 15) is 9.59 Å². The van der Waals surface area contributed by atoms with Gasteiger partial charge in [-0.1, -0.05) is 42.5 Å². The van der Waals surface area contributed by atoms with Crippen molar-refractivity contribution in [1.82, 2.24) is 15.2 Å². The first kappa shape index (κ1) is 17.5. The Labute approximate surface area is 158 Å². The molecule has 1 atom stereocenters. The third-order valence-corrected chi connectivity index (χ3v) is 5.34. The second-order valence-electron chi connectivity index (χ2n) is 7.15. The number of benzene rings is 2. The highest BCUT2D eigenvalue weighted by atomic mass is 16.2. The summed E-state index contributed by atoms with van der Waals surface area (Å²) in [6.07, 6.45) is 1.03. The van der Waals surface area contributed by atoms with Crippen LogP contribution in [-0.4, -0.2) is 34.9 Å². The van der Waals surface area contributed by atoms with Gasteiger partial charge in [0.15, 0.2) is 0 Å². The topological polar surface area (TPSA) is 65.2 Å². The molecule has 0 radical (unpaired) electrons. The fraction of sp³-hybridized carbons (Fsp3) is 0.273. The van der Waals surface area contributed by atoms with Crippen LogP contribution in [0.25, 0.3) is 10.8 Å². The normalized spacial score (nSPS) is 15.3. The summed E-state index contributed by atoms with van der Waals surface area (Å²) in [4.78, 5) is 29.8. The molecular formula is C22H23N3O2. The third kappa shape index (κ3) is 3.64. The molecule has 0 saturated heterocycles. The molecule has 2 heterocycles. The molecule has 1 aliphatic heterocycles. The van der Waals surface area contributed by atoms with Crippen LogP contribution in [0.15, 0.2) is 59.4 Å². The first-order chi connectivity index (χ1) is 13.1. The number of carbonyl (C=O) groups excluding carboxylic acids is 1. The van der Waals surface area contributed by atoms with Gasteiger partial charge in [-0.3, -0.25) is 14.5 Å². The molecule has 0 aliphatic carbocycles. The average molecular weight is 361 g/mol. The Morgan fingerprint density at radius 2 is 1.89 bits per heavy atom. The quantitative estimate of drug-likeness (QED) is 0.751. The van der Waals surface area contributed by atoms with Crippen LogP contribution in [0, 0.1) is 0 Å². The minimum Gasteiger partial charge on any atom is -0.349 e. The minimum absolute atomic E-state index is 0.217. The van der Waals surface area contributed by atoms with Gasteiger partial charge in [0, 0.05) is 31.1 Å². The van der Waals surface area contributed by atoms with Crippen molar-refractivity contribution in [3.05, 3.63) is 81.8 Å². The number of pyridine rings is 1. The number of hydrogen-bond donors (Lipinski definition) is 2. The standard InChI is InChI=1S/C22H23N3O2/c1-15(25-11-10-16-6-2-3-8-18(16)14-25)13-23-22(27)20-12-17-7-4-5-9-19(17)21(26)24-20/h2-9,12,15H,10-11,13-14H2,1H3,(H,23,27)(H,24,26). The number of carbonyl (C=O) groups is 1. The van der Waals surface area contributed by atoms with Crippen molar-refractivity contribution < 1.29 is 4.79 Å². The predicted molar refractivity (Wildman–Crippen MR) is 107 cm³/mol. The molecule has 1 unspecified atom stereocenters. The third-order valence-electron chi connectivity index (χ3n) is 5.34. The van der Waals surface area contributed by atoms with Crippen molar-refractivity contribution in [3.8, 4) is 0 Å². The molecule has 5 heteroatoms. The molecule has 0 bridgehead atoms. The fourth-order valence-electron chi connectivity index (χ4n) is 3.69. The number of H-pyrrole nitrogens is 1. The Kier molecular flexibility index (Phi) is 4.77. The van der Waals surface area contributed by atoms with Gasteiger partial charge < -0.3 is 10.3 Å². The Balaban J connectivity index is 1.41. The molecule has 1 aromatic heterocycles. The summed E-state index contributed by atoms with van der Waals surface area (Å²) in [5.41, 5.74) is 2.84. The zero-order valence-corrected chi connectivity index (χ0v) is 15.4. The number of amides is 1. The van der Waals surface area contributed by atoms with E-state index in [4.69, 9.17) is 0 Å². The number of hydrogen-bond acceptors (Lipinski definition) is 3. The van der Waals surface area contributed by atoms with Gasteiger partial charge in [0.2, 0.25) is 0 Å². The molecule has 1 aliphatic rings. The van der Waals surface area contributed by atoms with Gasteiger partial charge in [-0.05, 0) is 42.0 Å². The lowest BCUT2D eigenvalue weighted by Crippen LogP contribution is -2.44. The lowest BCUT2D eigenvalue weighted by molar-refractivity contribution is 0.0927. The van der Waals surface area contributed by atoms with E-state index in [1.165, 1.54) is 11.1 Å². The second kappa shape index (κ2) is 7.37. The minimum atomic E-state index is -0.248. The van der Waals surface area contributed by atoms with Crippen LogP contribution in [0.2, 0.25) is 0 Å². The van der Waals surface area contributed by atoms with Crippen LogP contribution in [-0.2, 0) is 13.0 Å². The lowest BCUT2D eigenvalue weighted by Gasteiger charge is -2.33. The summed E-state index contributed by atoms with van der Waals surface area (Å²) in [5, 5.41) is 4.32. The molecule has 0 fully saturated rings. The summed E-state index contributed by atoms with van der Waals surface area (Å²) in [5.74, 6) is -0.248.